The first-order valence-electron chi connectivity index (χ1n) is 12.2. The second-order valence-electron chi connectivity index (χ2n) is 9.46. The van der Waals surface area contributed by atoms with Crippen molar-refractivity contribution in [1.82, 2.24) is 4.90 Å². The molecule has 3 amide bonds. The minimum absolute atomic E-state index is 0.179. The summed E-state index contributed by atoms with van der Waals surface area (Å²) in [6.45, 7) is 0. The molecule has 0 aromatic heterocycles. The quantitative estimate of drug-likeness (QED) is 0.454. The highest BCUT2D eigenvalue weighted by Crippen LogP contribution is 2.49. The molecule has 2 fully saturated rings. The highest BCUT2D eigenvalue weighted by molar-refractivity contribution is 7.99. The van der Waals surface area contributed by atoms with Crippen LogP contribution in [0.2, 0.25) is 0 Å². The monoisotopic (exact) mass is 482 g/mol. The van der Waals surface area contributed by atoms with Gasteiger partial charge in [0, 0.05) is 16.2 Å². The third kappa shape index (κ3) is 3.76. The van der Waals surface area contributed by atoms with Gasteiger partial charge in [-0.2, -0.15) is 0 Å². The Labute approximate surface area is 209 Å². The van der Waals surface area contributed by atoms with E-state index in [2.05, 4.69) is 0 Å². The van der Waals surface area contributed by atoms with Gasteiger partial charge in [-0.3, -0.25) is 24.2 Å². The maximum atomic E-state index is 14.5. The van der Waals surface area contributed by atoms with Crippen LogP contribution in [0, 0.1) is 11.8 Å². The Bertz CT molecular complexity index is 1240. The lowest BCUT2D eigenvalue weighted by Crippen LogP contribution is -2.52. The largest absolute Gasteiger partial charge is 0.277 e. The highest BCUT2D eigenvalue weighted by atomic mass is 32.2. The first kappa shape index (κ1) is 22.1. The molecule has 0 N–H and O–H groups in total. The number of rotatable bonds is 4. The molecule has 2 heterocycles. The summed E-state index contributed by atoms with van der Waals surface area (Å²) >= 11 is 1.63. The van der Waals surface area contributed by atoms with Crippen LogP contribution < -0.4 is 4.90 Å². The van der Waals surface area contributed by atoms with Gasteiger partial charge < -0.3 is 0 Å². The third-order valence-electron chi connectivity index (χ3n) is 7.40. The average Bonchev–Trinajstić information content (AvgIpc) is 3.15. The van der Waals surface area contributed by atoms with E-state index in [4.69, 9.17) is 0 Å². The SMILES string of the molecule is O=C([C@H](Cc1ccccc1)N1C(=O)[C@@H]2CCCC[C@H]2C1=O)N1c2ccccc2Sc2ccccc21. The number of hydrogen-bond acceptors (Lipinski definition) is 4. The Morgan fingerprint density at radius 1 is 0.771 bits per heavy atom. The number of hydrogen-bond donors (Lipinski definition) is 0. The second kappa shape index (κ2) is 9.00. The fraction of sp³-hybridized carbons (Fsp3) is 0.276. The molecule has 1 aliphatic carbocycles. The van der Waals surface area contributed by atoms with Crippen LogP contribution in [-0.4, -0.2) is 28.7 Å². The lowest BCUT2D eigenvalue weighted by atomic mass is 9.81. The summed E-state index contributed by atoms with van der Waals surface area (Å²) in [5.74, 6) is -1.18. The first-order valence-corrected chi connectivity index (χ1v) is 13.1. The molecule has 0 spiro atoms. The predicted molar refractivity (Wildman–Crippen MR) is 135 cm³/mol. The highest BCUT2D eigenvalue weighted by Gasteiger charge is 2.52. The normalized spacial score (nSPS) is 21.8. The number of carbonyl (C=O) groups excluding carboxylic acids is 3. The zero-order valence-electron chi connectivity index (χ0n) is 19.3. The third-order valence-corrected chi connectivity index (χ3v) is 8.53. The van der Waals surface area contributed by atoms with Gasteiger partial charge in [-0.25, -0.2) is 0 Å². The van der Waals surface area contributed by atoms with Crippen LogP contribution in [0.1, 0.15) is 31.2 Å². The molecule has 1 saturated carbocycles. The Kier molecular flexibility index (Phi) is 5.69. The molecule has 3 aromatic carbocycles. The van der Waals surface area contributed by atoms with E-state index in [0.29, 0.717) is 6.42 Å². The molecule has 0 unspecified atom stereocenters. The molecule has 2 aliphatic heterocycles. The molecule has 35 heavy (non-hydrogen) atoms. The summed E-state index contributed by atoms with van der Waals surface area (Å²) < 4.78 is 0. The number of fused-ring (bicyclic) bond motifs is 3. The number of nitrogens with zero attached hydrogens (tertiary/aromatic N) is 2. The van der Waals surface area contributed by atoms with Crippen molar-refractivity contribution in [3.05, 3.63) is 84.4 Å². The molecule has 1 saturated heterocycles. The second-order valence-corrected chi connectivity index (χ2v) is 10.5. The molecular formula is C29H26N2O3S. The van der Waals surface area contributed by atoms with Gasteiger partial charge in [-0.1, -0.05) is 79.2 Å². The van der Waals surface area contributed by atoms with Crippen LogP contribution in [0.3, 0.4) is 0 Å². The summed E-state index contributed by atoms with van der Waals surface area (Å²) in [4.78, 5) is 46.7. The molecule has 0 radical (unpaired) electrons. The van der Waals surface area contributed by atoms with Crippen molar-refractivity contribution in [1.29, 1.82) is 0 Å². The van der Waals surface area contributed by atoms with Crippen molar-refractivity contribution < 1.29 is 14.4 Å². The molecule has 176 valence electrons. The van der Waals surface area contributed by atoms with Gasteiger partial charge in [0.05, 0.1) is 23.2 Å². The summed E-state index contributed by atoms with van der Waals surface area (Å²) in [5.41, 5.74) is 2.50. The van der Waals surface area contributed by atoms with Crippen molar-refractivity contribution in [2.24, 2.45) is 11.8 Å². The van der Waals surface area contributed by atoms with E-state index in [1.165, 1.54) is 4.90 Å². The number of benzene rings is 3. The van der Waals surface area contributed by atoms with E-state index >= 15 is 0 Å². The Morgan fingerprint density at radius 2 is 1.29 bits per heavy atom. The summed E-state index contributed by atoms with van der Waals surface area (Å²) in [6.07, 6.45) is 3.66. The van der Waals surface area contributed by atoms with Crippen molar-refractivity contribution in [3.63, 3.8) is 0 Å². The zero-order chi connectivity index (χ0) is 23.9. The maximum absolute atomic E-state index is 14.5. The molecule has 3 aromatic rings. The maximum Gasteiger partial charge on any atom is 0.255 e. The van der Waals surface area contributed by atoms with Crippen molar-refractivity contribution >= 4 is 40.9 Å². The van der Waals surface area contributed by atoms with Crippen molar-refractivity contribution in [3.8, 4) is 0 Å². The van der Waals surface area contributed by atoms with Crippen LogP contribution in [0.4, 0.5) is 11.4 Å². The van der Waals surface area contributed by atoms with Gasteiger partial charge in [0.25, 0.3) is 5.91 Å². The van der Waals surface area contributed by atoms with Gasteiger partial charge >= 0.3 is 0 Å². The number of anilines is 2. The van der Waals surface area contributed by atoms with E-state index in [1.807, 2.05) is 78.9 Å². The van der Waals surface area contributed by atoms with E-state index < -0.39 is 6.04 Å². The Balaban J connectivity index is 1.45. The fourth-order valence-electron chi connectivity index (χ4n) is 5.71. The lowest BCUT2D eigenvalue weighted by molar-refractivity contribution is -0.147. The van der Waals surface area contributed by atoms with Crippen molar-refractivity contribution in [2.45, 2.75) is 47.9 Å². The molecule has 6 heteroatoms. The topological polar surface area (TPSA) is 57.7 Å². The Hall–Kier alpha value is -3.38. The molecular weight excluding hydrogens is 456 g/mol. The first-order chi connectivity index (χ1) is 17.1. The molecule has 5 nitrogen and oxygen atoms in total. The van der Waals surface area contributed by atoms with E-state index in [0.717, 1.165) is 52.4 Å². The average molecular weight is 483 g/mol. The molecule has 3 aliphatic rings. The number of imide groups is 1. The van der Waals surface area contributed by atoms with Gasteiger partial charge in [0.1, 0.15) is 6.04 Å². The summed E-state index contributed by atoms with van der Waals surface area (Å²) in [5, 5.41) is 0. The zero-order valence-corrected chi connectivity index (χ0v) is 20.1. The lowest BCUT2D eigenvalue weighted by Gasteiger charge is -2.36. The molecule has 6 rings (SSSR count). The predicted octanol–water partition coefficient (Wildman–Crippen LogP) is 5.60. The van der Waals surface area contributed by atoms with Crippen LogP contribution in [-0.2, 0) is 20.8 Å². The van der Waals surface area contributed by atoms with Gasteiger partial charge in [0.15, 0.2) is 0 Å². The summed E-state index contributed by atoms with van der Waals surface area (Å²) in [7, 11) is 0. The van der Waals surface area contributed by atoms with Crippen LogP contribution in [0.25, 0.3) is 0 Å². The molecule has 3 atom stereocenters. The van der Waals surface area contributed by atoms with Crippen LogP contribution in [0.5, 0.6) is 0 Å². The van der Waals surface area contributed by atoms with E-state index in [-0.39, 0.29) is 29.6 Å². The standard InChI is InChI=1S/C29H26N2O3S/c32-27-20-12-4-5-13-21(20)28(33)31(27)24(18-19-10-2-1-3-11-19)29(34)30-22-14-6-8-16-25(22)35-26-17-9-7-15-23(26)30/h1-3,6-11,14-17,20-21,24H,4-5,12-13,18H2/t20-,21-,24+/m1/s1. The number of likely N-dealkylation sites (tertiary alicyclic amines) is 1. The number of carbonyl (C=O) groups is 3. The van der Waals surface area contributed by atoms with Gasteiger partial charge in [-0.05, 0) is 42.7 Å². The number of para-hydroxylation sites is 2. The molecule has 0 bridgehead atoms. The fourth-order valence-corrected chi connectivity index (χ4v) is 6.77. The minimum atomic E-state index is -0.896. The number of amides is 3. The smallest absolute Gasteiger partial charge is 0.255 e. The minimum Gasteiger partial charge on any atom is -0.277 e. The van der Waals surface area contributed by atoms with Crippen LogP contribution >= 0.6 is 11.8 Å². The summed E-state index contributed by atoms with van der Waals surface area (Å²) in [6, 6.07) is 24.4. The van der Waals surface area contributed by atoms with Gasteiger partial charge in [-0.15, -0.1) is 0 Å². The Morgan fingerprint density at radius 3 is 1.86 bits per heavy atom. The van der Waals surface area contributed by atoms with E-state index in [1.54, 1.807) is 16.7 Å². The van der Waals surface area contributed by atoms with Crippen LogP contribution in [0.15, 0.2) is 88.7 Å². The van der Waals surface area contributed by atoms with Gasteiger partial charge in [0.2, 0.25) is 11.8 Å². The van der Waals surface area contributed by atoms with E-state index in [9.17, 15) is 14.4 Å². The van der Waals surface area contributed by atoms with Crippen molar-refractivity contribution in [2.75, 3.05) is 4.90 Å².